The van der Waals surface area contributed by atoms with Gasteiger partial charge in [-0.3, -0.25) is 0 Å². The van der Waals surface area contributed by atoms with Crippen LogP contribution in [0.15, 0.2) is 47.7 Å². The molecule has 21 heavy (non-hydrogen) atoms. The summed E-state index contributed by atoms with van der Waals surface area (Å²) < 4.78 is 37.9. The Kier molecular flexibility index (Phi) is 5.13. The van der Waals surface area contributed by atoms with E-state index in [1.807, 2.05) is 6.07 Å². The fraction of sp³-hybridized carbons (Fsp3) is 0.143. The summed E-state index contributed by atoms with van der Waals surface area (Å²) in [6, 6.07) is 7.60. The Hall–Kier alpha value is -2.75. The Morgan fingerprint density at radius 3 is 2.57 bits per heavy atom. The van der Waals surface area contributed by atoms with Gasteiger partial charge in [-0.1, -0.05) is 12.1 Å². The van der Waals surface area contributed by atoms with Crippen molar-refractivity contribution in [2.45, 2.75) is 13.1 Å². The summed E-state index contributed by atoms with van der Waals surface area (Å²) in [6.07, 6.45) is -3.37. The van der Waals surface area contributed by atoms with Crippen molar-refractivity contribution in [2.24, 2.45) is 0 Å². The van der Waals surface area contributed by atoms with Crippen molar-refractivity contribution in [3.8, 4) is 6.07 Å². The van der Waals surface area contributed by atoms with Crippen LogP contribution in [0, 0.1) is 11.3 Å². The molecule has 0 saturated carbocycles. The molecule has 0 saturated heterocycles. The van der Waals surface area contributed by atoms with Crippen LogP contribution in [0.1, 0.15) is 12.5 Å². The van der Waals surface area contributed by atoms with Crippen molar-refractivity contribution in [3.05, 3.63) is 53.3 Å². The lowest BCUT2D eigenvalue weighted by Gasteiger charge is -2.11. The zero-order chi connectivity index (χ0) is 16.0. The Labute approximate surface area is 118 Å². The molecule has 0 atom stereocenters. The lowest BCUT2D eigenvalue weighted by Crippen LogP contribution is -2.15. The van der Waals surface area contributed by atoms with Crippen LogP contribution in [-0.2, 0) is 4.79 Å². The average molecular weight is 296 g/mol. The van der Waals surface area contributed by atoms with Crippen LogP contribution in [0.4, 0.5) is 18.9 Å². The minimum absolute atomic E-state index is 0.209. The molecule has 0 aliphatic rings. The summed E-state index contributed by atoms with van der Waals surface area (Å²) in [6.45, 7) is 1.16. The number of allylic oxidation sites excluding steroid dienone is 3. The molecule has 0 bridgehead atoms. The van der Waals surface area contributed by atoms with E-state index in [-0.39, 0.29) is 11.3 Å². The molecule has 110 valence electrons. The quantitative estimate of drug-likeness (QED) is 0.659. The maximum absolute atomic E-state index is 12.6. The highest BCUT2D eigenvalue weighted by molar-refractivity contribution is 5.91. The van der Waals surface area contributed by atoms with Gasteiger partial charge in [0.05, 0.1) is 17.2 Å². The van der Waals surface area contributed by atoms with Crippen LogP contribution < -0.4 is 5.32 Å². The van der Waals surface area contributed by atoms with Gasteiger partial charge in [0.2, 0.25) is 0 Å². The fourth-order valence-electron chi connectivity index (χ4n) is 1.46. The number of aliphatic carboxylic acids is 1. The Bertz CT molecular complexity index is 640. The SMILES string of the molecule is C/C=C(/C=C(\Nc1cccc(C#N)c1)C(=O)O)C(F)(F)F. The first-order valence-corrected chi connectivity index (χ1v) is 5.73. The lowest BCUT2D eigenvalue weighted by molar-refractivity contribution is -0.132. The number of nitrogens with one attached hydrogen (secondary N) is 1. The van der Waals surface area contributed by atoms with E-state index in [4.69, 9.17) is 10.4 Å². The first kappa shape index (κ1) is 16.3. The number of carboxylic acid groups (broad SMARTS) is 1. The van der Waals surface area contributed by atoms with E-state index in [9.17, 15) is 18.0 Å². The molecule has 0 unspecified atom stereocenters. The van der Waals surface area contributed by atoms with Crippen LogP contribution >= 0.6 is 0 Å². The topological polar surface area (TPSA) is 73.1 Å². The van der Waals surface area contributed by atoms with Crippen LogP contribution in [0.5, 0.6) is 0 Å². The van der Waals surface area contributed by atoms with E-state index in [1.54, 1.807) is 0 Å². The van der Waals surface area contributed by atoms with Crippen LogP contribution in [0.3, 0.4) is 0 Å². The molecule has 4 nitrogen and oxygen atoms in total. The molecular weight excluding hydrogens is 285 g/mol. The van der Waals surface area contributed by atoms with Gasteiger partial charge in [-0.2, -0.15) is 18.4 Å². The minimum atomic E-state index is -4.65. The third kappa shape index (κ3) is 4.69. The smallest absolute Gasteiger partial charge is 0.416 e. The number of nitriles is 1. The van der Waals surface area contributed by atoms with Gasteiger partial charge in [-0.05, 0) is 31.2 Å². The van der Waals surface area contributed by atoms with Gasteiger partial charge >= 0.3 is 12.1 Å². The van der Waals surface area contributed by atoms with Crippen molar-refractivity contribution in [3.63, 3.8) is 0 Å². The third-order valence-electron chi connectivity index (χ3n) is 2.44. The molecule has 1 rings (SSSR count). The lowest BCUT2D eigenvalue weighted by atomic mass is 10.1. The predicted molar refractivity (Wildman–Crippen MR) is 70.3 cm³/mol. The number of carbonyl (C=O) groups is 1. The number of carboxylic acids is 1. The van der Waals surface area contributed by atoms with Gasteiger partial charge in [-0.15, -0.1) is 0 Å². The molecule has 7 heteroatoms. The molecule has 0 heterocycles. The summed E-state index contributed by atoms with van der Waals surface area (Å²) in [5, 5.41) is 20.1. The Morgan fingerprint density at radius 2 is 2.10 bits per heavy atom. The largest absolute Gasteiger partial charge is 0.477 e. The second-order valence-electron chi connectivity index (χ2n) is 3.92. The van der Waals surface area contributed by atoms with E-state index in [1.165, 1.54) is 24.3 Å². The Balaban J connectivity index is 3.14. The Morgan fingerprint density at radius 1 is 1.43 bits per heavy atom. The first-order chi connectivity index (χ1) is 9.77. The molecule has 0 aliphatic carbocycles. The maximum atomic E-state index is 12.6. The molecule has 2 N–H and O–H groups in total. The number of benzene rings is 1. The van der Waals surface area contributed by atoms with E-state index in [2.05, 4.69) is 5.32 Å². The number of halogens is 3. The fourth-order valence-corrected chi connectivity index (χ4v) is 1.46. The zero-order valence-electron chi connectivity index (χ0n) is 10.9. The predicted octanol–water partition coefficient (Wildman–Crippen LogP) is 3.45. The van der Waals surface area contributed by atoms with E-state index >= 15 is 0 Å². The van der Waals surface area contributed by atoms with Crippen LogP contribution in [-0.4, -0.2) is 17.3 Å². The van der Waals surface area contributed by atoms with E-state index < -0.39 is 23.4 Å². The summed E-state index contributed by atoms with van der Waals surface area (Å²) in [5.74, 6) is -1.54. The number of alkyl halides is 3. The molecule has 0 amide bonds. The molecule has 0 radical (unpaired) electrons. The molecule has 0 aliphatic heterocycles. The summed E-state index contributed by atoms with van der Waals surface area (Å²) in [5.41, 5.74) is -1.26. The monoisotopic (exact) mass is 296 g/mol. The standard InChI is InChI=1S/C14H11F3N2O2/c1-2-10(14(15,16)17)7-12(13(20)21)19-11-5-3-4-9(6-11)8-18/h2-7,19H,1H3,(H,20,21)/b10-2-,12-7-. The summed E-state index contributed by atoms with van der Waals surface area (Å²) in [7, 11) is 0. The summed E-state index contributed by atoms with van der Waals surface area (Å²) in [4.78, 5) is 11.0. The number of nitrogens with zero attached hydrogens (tertiary/aromatic N) is 1. The number of anilines is 1. The van der Waals surface area contributed by atoms with E-state index in [0.717, 1.165) is 13.0 Å². The van der Waals surface area contributed by atoms with E-state index in [0.29, 0.717) is 6.08 Å². The van der Waals surface area contributed by atoms with Crippen molar-refractivity contribution in [1.29, 1.82) is 5.26 Å². The number of hydrogen-bond acceptors (Lipinski definition) is 3. The van der Waals surface area contributed by atoms with Crippen LogP contribution in [0.2, 0.25) is 0 Å². The van der Waals surface area contributed by atoms with Gasteiger partial charge in [0.15, 0.2) is 0 Å². The van der Waals surface area contributed by atoms with Gasteiger partial charge in [0.25, 0.3) is 0 Å². The highest BCUT2D eigenvalue weighted by Gasteiger charge is 2.32. The number of hydrogen-bond donors (Lipinski definition) is 2. The van der Waals surface area contributed by atoms with Gasteiger partial charge in [0.1, 0.15) is 5.70 Å². The zero-order valence-corrected chi connectivity index (χ0v) is 10.9. The van der Waals surface area contributed by atoms with Crippen molar-refractivity contribution in [1.82, 2.24) is 0 Å². The summed E-state index contributed by atoms with van der Waals surface area (Å²) >= 11 is 0. The number of rotatable bonds is 4. The van der Waals surface area contributed by atoms with Crippen LogP contribution in [0.25, 0.3) is 0 Å². The molecule has 0 spiro atoms. The van der Waals surface area contributed by atoms with Crippen molar-refractivity contribution < 1.29 is 23.1 Å². The van der Waals surface area contributed by atoms with Gasteiger partial charge in [0, 0.05) is 5.69 Å². The average Bonchev–Trinajstić information content (AvgIpc) is 2.41. The first-order valence-electron chi connectivity index (χ1n) is 5.73. The van der Waals surface area contributed by atoms with Crippen molar-refractivity contribution in [2.75, 3.05) is 5.32 Å². The molecule has 0 fully saturated rings. The molecule has 1 aromatic carbocycles. The highest BCUT2D eigenvalue weighted by Crippen LogP contribution is 2.27. The van der Waals surface area contributed by atoms with Gasteiger partial charge in [-0.25, -0.2) is 4.79 Å². The third-order valence-corrected chi connectivity index (χ3v) is 2.44. The molecule has 1 aromatic rings. The second-order valence-corrected chi connectivity index (χ2v) is 3.92. The normalized spacial score (nSPS) is 12.7. The second kappa shape index (κ2) is 6.61. The molecular formula is C14H11F3N2O2. The highest BCUT2D eigenvalue weighted by atomic mass is 19.4. The van der Waals surface area contributed by atoms with Gasteiger partial charge < -0.3 is 10.4 Å². The minimum Gasteiger partial charge on any atom is -0.477 e. The maximum Gasteiger partial charge on any atom is 0.416 e. The molecule has 0 aromatic heterocycles. The van der Waals surface area contributed by atoms with Crippen molar-refractivity contribution >= 4 is 11.7 Å².